The van der Waals surface area contributed by atoms with Crippen molar-refractivity contribution in [3.05, 3.63) is 46.7 Å². The van der Waals surface area contributed by atoms with Crippen molar-refractivity contribution >= 4 is 23.3 Å². The quantitative estimate of drug-likeness (QED) is 0.704. The number of amides is 2. The van der Waals surface area contributed by atoms with Gasteiger partial charge in [-0.15, -0.1) is 5.10 Å². The number of hydrogen-bond acceptors (Lipinski definition) is 6. The van der Waals surface area contributed by atoms with Crippen molar-refractivity contribution in [2.45, 2.75) is 63.1 Å². The maximum Gasteiger partial charge on any atom is 0.276 e. The number of ether oxygens (including phenoxy) is 1. The van der Waals surface area contributed by atoms with Gasteiger partial charge >= 0.3 is 0 Å². The molecule has 2 atom stereocenters. The summed E-state index contributed by atoms with van der Waals surface area (Å²) in [5, 5.41) is 8.52. The molecule has 1 aliphatic heterocycles. The van der Waals surface area contributed by atoms with Crippen LogP contribution in [0.1, 0.15) is 67.0 Å². The number of carbonyl (C=O) groups is 2. The van der Waals surface area contributed by atoms with E-state index in [1.54, 1.807) is 23.6 Å². The van der Waals surface area contributed by atoms with Crippen LogP contribution in [-0.2, 0) is 9.53 Å². The molecule has 1 aliphatic carbocycles. The molecule has 1 N–H and O–H groups in total. The summed E-state index contributed by atoms with van der Waals surface area (Å²) >= 11 is 1.06. The first-order valence-corrected chi connectivity index (χ1v) is 11.7. The van der Waals surface area contributed by atoms with Crippen molar-refractivity contribution in [3.63, 3.8) is 0 Å². The second-order valence-electron chi connectivity index (χ2n) is 8.15. The lowest BCUT2D eigenvalue weighted by molar-refractivity contribution is -0.127. The van der Waals surface area contributed by atoms with Gasteiger partial charge in [0.1, 0.15) is 11.9 Å². The molecule has 2 heterocycles. The normalized spacial score (nSPS) is 20.4. The van der Waals surface area contributed by atoms with Gasteiger partial charge in [0.15, 0.2) is 5.69 Å². The summed E-state index contributed by atoms with van der Waals surface area (Å²) in [5.74, 6) is -1.34. The topological polar surface area (TPSA) is 84.4 Å². The van der Waals surface area contributed by atoms with Crippen LogP contribution in [-0.4, -0.2) is 51.6 Å². The second-order valence-corrected chi connectivity index (χ2v) is 8.76. The lowest BCUT2D eigenvalue weighted by Crippen LogP contribution is -2.49. The van der Waals surface area contributed by atoms with E-state index < -0.39 is 17.8 Å². The van der Waals surface area contributed by atoms with E-state index in [1.165, 1.54) is 11.0 Å². The predicted octanol–water partition coefficient (Wildman–Crippen LogP) is 3.49. The van der Waals surface area contributed by atoms with Gasteiger partial charge in [-0.3, -0.25) is 9.59 Å². The predicted molar refractivity (Wildman–Crippen MR) is 114 cm³/mol. The minimum absolute atomic E-state index is 0.0381. The van der Waals surface area contributed by atoms with Crippen LogP contribution in [0.5, 0.6) is 0 Å². The Balaban J connectivity index is 1.68. The minimum Gasteiger partial charge on any atom is -0.376 e. The number of halogens is 1. The Morgan fingerprint density at radius 1 is 1.19 bits per heavy atom. The van der Waals surface area contributed by atoms with Gasteiger partial charge in [-0.1, -0.05) is 41.9 Å². The maximum absolute atomic E-state index is 14.9. The minimum atomic E-state index is -1.11. The van der Waals surface area contributed by atoms with E-state index in [0.717, 1.165) is 56.5 Å². The molecule has 2 aliphatic rings. The van der Waals surface area contributed by atoms with Crippen LogP contribution >= 0.6 is 11.5 Å². The Kier molecular flexibility index (Phi) is 7.24. The van der Waals surface area contributed by atoms with Gasteiger partial charge in [-0.25, -0.2) is 4.39 Å². The summed E-state index contributed by atoms with van der Waals surface area (Å²) in [7, 11) is 0. The van der Waals surface area contributed by atoms with E-state index in [1.807, 2.05) is 0 Å². The first-order valence-electron chi connectivity index (χ1n) is 10.9. The molecule has 2 amide bonds. The molecular weight excluding hydrogens is 419 g/mol. The van der Waals surface area contributed by atoms with Gasteiger partial charge in [-0.05, 0) is 43.3 Å². The van der Waals surface area contributed by atoms with E-state index in [0.29, 0.717) is 6.61 Å². The summed E-state index contributed by atoms with van der Waals surface area (Å²) in [4.78, 5) is 28.3. The molecule has 9 heteroatoms. The number of nitrogens with zero attached hydrogens (tertiary/aromatic N) is 3. The molecule has 2 aromatic rings. The smallest absolute Gasteiger partial charge is 0.276 e. The van der Waals surface area contributed by atoms with E-state index in [-0.39, 0.29) is 35.9 Å². The number of rotatable bonds is 7. The first kappa shape index (κ1) is 21.8. The van der Waals surface area contributed by atoms with Crippen molar-refractivity contribution in [1.29, 1.82) is 0 Å². The molecule has 0 unspecified atom stereocenters. The van der Waals surface area contributed by atoms with Crippen molar-refractivity contribution in [1.82, 2.24) is 19.8 Å². The fraction of sp³-hybridized carbons (Fsp3) is 0.545. The van der Waals surface area contributed by atoms with Gasteiger partial charge in [0.05, 0.1) is 6.10 Å². The Bertz CT molecular complexity index is 883. The highest BCUT2D eigenvalue weighted by atomic mass is 32.1. The second kappa shape index (κ2) is 10.3. The van der Waals surface area contributed by atoms with Crippen molar-refractivity contribution in [2.24, 2.45) is 0 Å². The van der Waals surface area contributed by atoms with Crippen LogP contribution in [0.2, 0.25) is 0 Å². The Hall–Kier alpha value is -2.39. The molecule has 1 aromatic heterocycles. The van der Waals surface area contributed by atoms with Gasteiger partial charge < -0.3 is 15.0 Å². The number of aromatic nitrogens is 2. The van der Waals surface area contributed by atoms with E-state index in [4.69, 9.17) is 4.74 Å². The zero-order chi connectivity index (χ0) is 21.6. The number of hydrogen-bond donors (Lipinski definition) is 1. The van der Waals surface area contributed by atoms with Crippen molar-refractivity contribution < 1.29 is 18.7 Å². The Morgan fingerprint density at radius 2 is 2.00 bits per heavy atom. The Labute approximate surface area is 185 Å². The van der Waals surface area contributed by atoms with Crippen LogP contribution < -0.4 is 5.32 Å². The highest BCUT2D eigenvalue weighted by molar-refractivity contribution is 7.03. The van der Waals surface area contributed by atoms with Crippen LogP contribution in [0.3, 0.4) is 0 Å². The largest absolute Gasteiger partial charge is 0.376 e. The third-order valence-corrected chi connectivity index (χ3v) is 6.48. The van der Waals surface area contributed by atoms with Crippen molar-refractivity contribution in [3.8, 4) is 0 Å². The van der Waals surface area contributed by atoms with E-state index in [9.17, 15) is 14.0 Å². The molecule has 0 bridgehead atoms. The molecule has 1 aromatic carbocycles. The zero-order valence-electron chi connectivity index (χ0n) is 17.3. The Morgan fingerprint density at radius 3 is 2.68 bits per heavy atom. The molecule has 1 saturated heterocycles. The molecular formula is C22H27FN4O3S. The molecule has 0 spiro atoms. The first-order chi connectivity index (χ1) is 15.1. The lowest BCUT2D eigenvalue weighted by Gasteiger charge is -2.34. The van der Waals surface area contributed by atoms with Crippen LogP contribution in [0.25, 0.3) is 0 Å². The summed E-state index contributed by atoms with van der Waals surface area (Å²) in [5.41, 5.74) is 0.320. The summed E-state index contributed by atoms with van der Waals surface area (Å²) in [6.45, 7) is 0.803. The summed E-state index contributed by atoms with van der Waals surface area (Å²) in [6.07, 6.45) is 6.53. The average Bonchev–Trinajstić information content (AvgIpc) is 3.49. The van der Waals surface area contributed by atoms with Gasteiger partial charge in [0.25, 0.3) is 5.91 Å². The highest BCUT2D eigenvalue weighted by Crippen LogP contribution is 2.29. The van der Waals surface area contributed by atoms with E-state index >= 15 is 0 Å². The molecule has 0 radical (unpaired) electrons. The van der Waals surface area contributed by atoms with Gasteiger partial charge in [0, 0.05) is 30.1 Å². The number of nitrogens with one attached hydrogen (secondary N) is 1. The lowest BCUT2D eigenvalue weighted by atomic mass is 9.94. The molecule has 2 fully saturated rings. The maximum atomic E-state index is 14.9. The number of benzene rings is 1. The van der Waals surface area contributed by atoms with Gasteiger partial charge in [-0.2, -0.15) is 0 Å². The number of carbonyl (C=O) groups excluding carboxylic acids is 2. The van der Waals surface area contributed by atoms with Crippen LogP contribution in [0, 0.1) is 5.82 Å². The third kappa shape index (κ3) is 5.27. The van der Waals surface area contributed by atoms with E-state index in [2.05, 4.69) is 14.9 Å². The fourth-order valence-electron chi connectivity index (χ4n) is 4.39. The molecule has 1 saturated carbocycles. The molecule has 4 rings (SSSR count). The fourth-order valence-corrected chi connectivity index (χ4v) is 4.82. The summed E-state index contributed by atoms with van der Waals surface area (Å²) < 4.78 is 24.4. The molecule has 31 heavy (non-hydrogen) atoms. The highest BCUT2D eigenvalue weighted by Gasteiger charge is 2.37. The van der Waals surface area contributed by atoms with Crippen molar-refractivity contribution in [2.75, 3.05) is 13.2 Å². The SMILES string of the molecule is O=C(NC1CCCCC1)[C@H](c1ccccc1F)N(C[C@H]1CCCO1)C(=O)c1csnn1. The van der Waals surface area contributed by atoms with Crippen LogP contribution in [0.4, 0.5) is 4.39 Å². The summed E-state index contributed by atoms with van der Waals surface area (Å²) in [6, 6.07) is 5.06. The molecule has 7 nitrogen and oxygen atoms in total. The average molecular weight is 447 g/mol. The van der Waals surface area contributed by atoms with Crippen LogP contribution in [0.15, 0.2) is 29.6 Å². The molecule has 166 valence electrons. The van der Waals surface area contributed by atoms with Gasteiger partial charge in [0.2, 0.25) is 5.91 Å². The zero-order valence-corrected chi connectivity index (χ0v) is 18.2. The standard InChI is InChI=1S/C22H27FN4O3S/c23-18-11-5-4-10-17(18)20(21(28)24-15-7-2-1-3-8-15)27(13-16-9-6-12-30-16)22(29)19-14-31-26-25-19/h4-5,10-11,14-16,20H,1-3,6-9,12-13H2,(H,24,28)/t16-,20+/m1/s1. The third-order valence-electron chi connectivity index (χ3n) is 5.98. The monoisotopic (exact) mass is 446 g/mol.